The molecule has 0 aliphatic heterocycles. The Bertz CT molecular complexity index is 315. The zero-order chi connectivity index (χ0) is 11.3. The molecular weight excluding hydrogens is 188 g/mol. The number of esters is 1. The van der Waals surface area contributed by atoms with Gasteiger partial charge in [0.15, 0.2) is 0 Å². The maximum absolute atomic E-state index is 11.4. The quantitative estimate of drug-likeness (QED) is 0.706. The van der Waals surface area contributed by atoms with E-state index in [2.05, 4.69) is 6.42 Å². The van der Waals surface area contributed by atoms with Gasteiger partial charge in [-0.2, -0.15) is 0 Å². The minimum absolute atomic E-state index is 0.172. The third-order valence-electron chi connectivity index (χ3n) is 2.39. The van der Waals surface area contributed by atoms with Crippen molar-refractivity contribution in [1.29, 1.82) is 0 Å². The van der Waals surface area contributed by atoms with Gasteiger partial charge in [0.05, 0.1) is 12.5 Å². The maximum Gasteiger partial charge on any atom is 0.311 e. The van der Waals surface area contributed by atoms with E-state index in [1.807, 2.05) is 44.2 Å². The van der Waals surface area contributed by atoms with Gasteiger partial charge in [0, 0.05) is 0 Å². The van der Waals surface area contributed by atoms with E-state index in [-0.39, 0.29) is 5.97 Å². The summed E-state index contributed by atoms with van der Waals surface area (Å²) in [5.74, 6) is -0.172. The van der Waals surface area contributed by atoms with Crippen LogP contribution in [0.4, 0.5) is 0 Å². The topological polar surface area (TPSA) is 26.3 Å². The molecular formula is C13H17O2. The summed E-state index contributed by atoms with van der Waals surface area (Å²) in [7, 11) is 1.42. The Labute approximate surface area is 91.3 Å². The Morgan fingerprint density at radius 3 is 2.47 bits per heavy atom. The molecule has 0 unspecified atom stereocenters. The molecule has 0 spiro atoms. The molecule has 15 heavy (non-hydrogen) atoms. The van der Waals surface area contributed by atoms with Crippen LogP contribution in [0.2, 0.25) is 0 Å². The normalized spacial score (nSPS) is 11.1. The first-order valence-corrected chi connectivity index (χ1v) is 5.03. The minimum atomic E-state index is -0.454. The van der Waals surface area contributed by atoms with Crippen LogP contribution in [-0.4, -0.2) is 13.1 Å². The highest BCUT2D eigenvalue weighted by molar-refractivity contribution is 5.75. The Morgan fingerprint density at radius 1 is 1.33 bits per heavy atom. The number of carbonyl (C=O) groups is 1. The van der Waals surface area contributed by atoms with E-state index in [9.17, 15) is 4.79 Å². The predicted octanol–water partition coefficient (Wildman–Crippen LogP) is 2.83. The monoisotopic (exact) mass is 205 g/mol. The third kappa shape index (κ3) is 3.39. The minimum Gasteiger partial charge on any atom is -0.469 e. The highest BCUT2D eigenvalue weighted by Crippen LogP contribution is 2.25. The van der Waals surface area contributed by atoms with Crippen LogP contribution in [-0.2, 0) is 9.53 Å². The first-order valence-electron chi connectivity index (χ1n) is 5.03. The van der Waals surface area contributed by atoms with E-state index in [1.165, 1.54) is 7.11 Å². The lowest BCUT2D eigenvalue weighted by Crippen LogP contribution is -2.25. The van der Waals surface area contributed by atoms with Gasteiger partial charge < -0.3 is 4.74 Å². The van der Waals surface area contributed by atoms with Gasteiger partial charge >= 0.3 is 5.97 Å². The highest BCUT2D eigenvalue weighted by atomic mass is 16.5. The van der Waals surface area contributed by atoms with Crippen molar-refractivity contribution >= 4 is 5.97 Å². The van der Waals surface area contributed by atoms with E-state index in [4.69, 9.17) is 4.74 Å². The molecule has 0 N–H and O–H groups in total. The van der Waals surface area contributed by atoms with Crippen LogP contribution in [0.5, 0.6) is 0 Å². The van der Waals surface area contributed by atoms with Gasteiger partial charge in [-0.05, 0) is 32.3 Å². The molecule has 1 aromatic rings. The van der Waals surface area contributed by atoms with E-state index in [0.717, 1.165) is 5.56 Å². The summed E-state index contributed by atoms with van der Waals surface area (Å²) in [6.07, 6.45) is 2.74. The van der Waals surface area contributed by atoms with Crippen LogP contribution in [0.15, 0.2) is 30.3 Å². The second-order valence-corrected chi connectivity index (χ2v) is 4.19. The van der Waals surface area contributed by atoms with Gasteiger partial charge in [-0.3, -0.25) is 4.79 Å². The van der Waals surface area contributed by atoms with Crippen molar-refractivity contribution in [1.82, 2.24) is 0 Å². The molecule has 2 heteroatoms. The molecule has 0 saturated heterocycles. The molecule has 0 aromatic heterocycles. The van der Waals surface area contributed by atoms with Crippen molar-refractivity contribution in [3.05, 3.63) is 42.3 Å². The fraction of sp³-hybridized carbons (Fsp3) is 0.385. The van der Waals surface area contributed by atoms with E-state index in [1.54, 1.807) is 0 Å². The van der Waals surface area contributed by atoms with Crippen molar-refractivity contribution in [2.24, 2.45) is 5.41 Å². The average Bonchev–Trinajstić information content (AvgIpc) is 2.27. The Morgan fingerprint density at radius 2 is 1.93 bits per heavy atom. The van der Waals surface area contributed by atoms with Gasteiger partial charge in [-0.25, -0.2) is 0 Å². The zero-order valence-electron chi connectivity index (χ0n) is 9.49. The van der Waals surface area contributed by atoms with Crippen molar-refractivity contribution in [2.45, 2.75) is 20.3 Å². The zero-order valence-corrected chi connectivity index (χ0v) is 9.49. The average molecular weight is 205 g/mol. The largest absolute Gasteiger partial charge is 0.469 e. The summed E-state index contributed by atoms with van der Waals surface area (Å²) in [4.78, 5) is 11.4. The van der Waals surface area contributed by atoms with Crippen LogP contribution in [0.25, 0.3) is 0 Å². The lowest BCUT2D eigenvalue weighted by molar-refractivity contribution is -0.150. The fourth-order valence-corrected chi connectivity index (χ4v) is 1.32. The summed E-state index contributed by atoms with van der Waals surface area (Å²) in [6, 6.07) is 9.98. The summed E-state index contributed by atoms with van der Waals surface area (Å²) >= 11 is 0. The summed E-state index contributed by atoms with van der Waals surface area (Å²) in [5.41, 5.74) is 0.680. The van der Waals surface area contributed by atoms with Gasteiger partial charge in [0.1, 0.15) is 0 Å². The molecule has 0 saturated carbocycles. The van der Waals surface area contributed by atoms with Gasteiger partial charge in [-0.15, -0.1) is 0 Å². The summed E-state index contributed by atoms with van der Waals surface area (Å²) in [6.45, 7) is 3.77. The second-order valence-electron chi connectivity index (χ2n) is 4.19. The molecule has 0 heterocycles. The number of hydrogen-bond acceptors (Lipinski definition) is 2. The molecule has 0 atom stereocenters. The molecule has 1 radical (unpaired) electrons. The molecule has 0 aliphatic rings. The molecule has 0 aliphatic carbocycles. The summed E-state index contributed by atoms with van der Waals surface area (Å²) < 4.78 is 4.74. The van der Waals surface area contributed by atoms with Crippen LogP contribution < -0.4 is 0 Å². The maximum atomic E-state index is 11.4. The number of carbonyl (C=O) groups excluding carboxylic acids is 1. The van der Waals surface area contributed by atoms with Gasteiger partial charge in [-0.1, -0.05) is 30.3 Å². The molecule has 0 bridgehead atoms. The third-order valence-corrected chi connectivity index (χ3v) is 2.39. The first kappa shape index (κ1) is 11.8. The number of rotatable bonds is 4. The summed E-state index contributed by atoms with van der Waals surface area (Å²) in [5, 5.41) is 0. The number of benzene rings is 1. The number of methoxy groups -OCH3 is 1. The van der Waals surface area contributed by atoms with Crippen molar-refractivity contribution in [3.63, 3.8) is 0 Å². The SMILES string of the molecule is COC(=O)C(C)(C)C[CH]c1ccccc1. The Hall–Kier alpha value is -1.31. The van der Waals surface area contributed by atoms with Gasteiger partial charge in [0.25, 0.3) is 0 Å². The Kier molecular flexibility index (Phi) is 3.89. The Balaban J connectivity index is 2.53. The van der Waals surface area contributed by atoms with E-state index >= 15 is 0 Å². The lowest BCUT2D eigenvalue weighted by Gasteiger charge is -2.20. The van der Waals surface area contributed by atoms with Crippen LogP contribution in [0, 0.1) is 11.8 Å². The molecule has 1 aromatic carbocycles. The fourth-order valence-electron chi connectivity index (χ4n) is 1.32. The van der Waals surface area contributed by atoms with E-state index < -0.39 is 5.41 Å². The smallest absolute Gasteiger partial charge is 0.311 e. The number of hydrogen-bond donors (Lipinski definition) is 0. The molecule has 1 rings (SSSR count). The predicted molar refractivity (Wildman–Crippen MR) is 60.3 cm³/mol. The second kappa shape index (κ2) is 4.96. The van der Waals surface area contributed by atoms with Crippen LogP contribution in [0.3, 0.4) is 0 Å². The first-order chi connectivity index (χ1) is 7.06. The van der Waals surface area contributed by atoms with Gasteiger partial charge in [0.2, 0.25) is 0 Å². The van der Waals surface area contributed by atoms with E-state index in [0.29, 0.717) is 6.42 Å². The molecule has 2 nitrogen and oxygen atoms in total. The van der Waals surface area contributed by atoms with Crippen molar-refractivity contribution < 1.29 is 9.53 Å². The molecule has 0 fully saturated rings. The highest BCUT2D eigenvalue weighted by Gasteiger charge is 2.28. The molecule has 81 valence electrons. The number of ether oxygens (including phenoxy) is 1. The van der Waals surface area contributed by atoms with Crippen LogP contribution in [0.1, 0.15) is 25.8 Å². The van der Waals surface area contributed by atoms with Crippen LogP contribution >= 0.6 is 0 Å². The standard InChI is InChI=1S/C13H17O2/c1-13(2,12(14)15-3)10-9-11-7-5-4-6-8-11/h4-9H,10H2,1-3H3. The van der Waals surface area contributed by atoms with Crippen molar-refractivity contribution in [2.75, 3.05) is 7.11 Å². The van der Waals surface area contributed by atoms with Crippen molar-refractivity contribution in [3.8, 4) is 0 Å². The lowest BCUT2D eigenvalue weighted by atomic mass is 9.86. The molecule has 0 amide bonds.